The maximum Gasteiger partial charge on any atom is 0.266 e. The van der Waals surface area contributed by atoms with Gasteiger partial charge >= 0.3 is 0 Å². The molecule has 7 heteroatoms. The first kappa shape index (κ1) is 19.4. The van der Waals surface area contributed by atoms with E-state index in [1.807, 2.05) is 0 Å². The Morgan fingerprint density at radius 3 is 2.71 bits per heavy atom. The van der Waals surface area contributed by atoms with Crippen molar-refractivity contribution < 1.29 is 13.9 Å². The van der Waals surface area contributed by atoms with Crippen molar-refractivity contribution >= 4 is 5.91 Å². The molecular weight excluding hydrogens is 358 g/mol. The van der Waals surface area contributed by atoms with Crippen molar-refractivity contribution in [2.24, 2.45) is 0 Å². The van der Waals surface area contributed by atoms with Crippen LogP contribution in [0.1, 0.15) is 30.1 Å². The summed E-state index contributed by atoms with van der Waals surface area (Å²) in [6.07, 6.45) is 3.62. The molecule has 0 aliphatic heterocycles. The van der Waals surface area contributed by atoms with Crippen LogP contribution in [0.2, 0.25) is 0 Å². The van der Waals surface area contributed by atoms with E-state index in [1.54, 1.807) is 48.7 Å². The van der Waals surface area contributed by atoms with E-state index in [4.69, 9.17) is 9.15 Å². The molecule has 1 aromatic carbocycles. The highest BCUT2D eigenvalue weighted by molar-refractivity contribution is 5.94. The zero-order valence-electron chi connectivity index (χ0n) is 15.8. The number of nitrogens with one attached hydrogen (secondary N) is 1. The van der Waals surface area contributed by atoms with Crippen LogP contribution in [0.3, 0.4) is 0 Å². The van der Waals surface area contributed by atoms with Crippen molar-refractivity contribution in [2.75, 3.05) is 13.2 Å². The van der Waals surface area contributed by atoms with Crippen molar-refractivity contribution in [1.82, 2.24) is 15.1 Å². The molecule has 28 heavy (non-hydrogen) atoms. The molecule has 1 amide bonds. The van der Waals surface area contributed by atoms with Crippen LogP contribution in [0.5, 0.6) is 5.75 Å². The van der Waals surface area contributed by atoms with Gasteiger partial charge in [-0.15, -0.1) is 0 Å². The van der Waals surface area contributed by atoms with E-state index < -0.39 is 0 Å². The van der Waals surface area contributed by atoms with Crippen LogP contribution in [0.4, 0.5) is 0 Å². The number of carbonyl (C=O) groups is 1. The van der Waals surface area contributed by atoms with E-state index in [0.717, 1.165) is 18.6 Å². The van der Waals surface area contributed by atoms with Gasteiger partial charge in [-0.2, -0.15) is 5.10 Å². The Balaban J connectivity index is 1.54. The Labute approximate surface area is 162 Å². The molecule has 0 atom stereocenters. The van der Waals surface area contributed by atoms with E-state index in [-0.39, 0.29) is 24.6 Å². The largest absolute Gasteiger partial charge is 0.494 e. The Kier molecular flexibility index (Phi) is 6.62. The zero-order valence-corrected chi connectivity index (χ0v) is 15.8. The van der Waals surface area contributed by atoms with Crippen LogP contribution in [-0.4, -0.2) is 28.8 Å². The topological polar surface area (TPSA) is 86.4 Å². The highest BCUT2D eigenvalue weighted by Gasteiger charge is 2.08. The zero-order chi connectivity index (χ0) is 19.8. The molecule has 0 spiro atoms. The summed E-state index contributed by atoms with van der Waals surface area (Å²) in [5.41, 5.74) is 0.861. The molecule has 3 aromatic rings. The van der Waals surface area contributed by atoms with E-state index in [1.165, 1.54) is 10.7 Å². The SMILES string of the molecule is CCCCOc1ccc(C(=O)NCCn2nc(-c3ccco3)ccc2=O)cc1. The summed E-state index contributed by atoms with van der Waals surface area (Å²) in [6.45, 7) is 3.31. The molecule has 0 unspecified atom stereocenters. The molecule has 0 fully saturated rings. The summed E-state index contributed by atoms with van der Waals surface area (Å²) in [5, 5.41) is 7.07. The third-order valence-electron chi connectivity index (χ3n) is 4.13. The van der Waals surface area contributed by atoms with E-state index >= 15 is 0 Å². The second-order valence-corrected chi connectivity index (χ2v) is 6.24. The van der Waals surface area contributed by atoms with E-state index in [2.05, 4.69) is 17.3 Å². The number of ether oxygens (including phenoxy) is 1. The van der Waals surface area contributed by atoms with Gasteiger partial charge in [0, 0.05) is 18.2 Å². The molecule has 0 saturated heterocycles. The lowest BCUT2D eigenvalue weighted by atomic mass is 10.2. The van der Waals surface area contributed by atoms with Gasteiger partial charge in [0.15, 0.2) is 5.76 Å². The van der Waals surface area contributed by atoms with Gasteiger partial charge in [-0.3, -0.25) is 9.59 Å². The van der Waals surface area contributed by atoms with Crippen LogP contribution in [0.25, 0.3) is 11.5 Å². The molecule has 3 rings (SSSR count). The molecule has 0 aliphatic carbocycles. The third-order valence-corrected chi connectivity index (χ3v) is 4.13. The molecule has 7 nitrogen and oxygen atoms in total. The van der Waals surface area contributed by atoms with Gasteiger partial charge in [0.05, 0.1) is 19.4 Å². The Morgan fingerprint density at radius 1 is 1.18 bits per heavy atom. The fourth-order valence-corrected chi connectivity index (χ4v) is 2.58. The normalized spacial score (nSPS) is 10.6. The molecule has 0 aliphatic rings. The average molecular weight is 381 g/mol. The number of hydrogen-bond acceptors (Lipinski definition) is 5. The number of benzene rings is 1. The number of furan rings is 1. The van der Waals surface area contributed by atoms with Crippen molar-refractivity contribution in [3.05, 3.63) is 70.7 Å². The van der Waals surface area contributed by atoms with Crippen LogP contribution in [0.15, 0.2) is 64.0 Å². The summed E-state index contributed by atoms with van der Waals surface area (Å²) in [6, 6.07) is 13.6. The lowest BCUT2D eigenvalue weighted by molar-refractivity contribution is 0.0951. The van der Waals surface area contributed by atoms with Gasteiger partial charge in [0.25, 0.3) is 11.5 Å². The maximum atomic E-state index is 12.3. The molecular formula is C21H23N3O4. The standard InChI is InChI=1S/C21H23N3O4/c1-2-3-14-27-17-8-6-16(7-9-17)21(26)22-12-13-24-20(25)11-10-18(23-24)19-5-4-15-28-19/h4-11,15H,2-3,12-14H2,1H3,(H,22,26). The van der Waals surface area contributed by atoms with Gasteiger partial charge < -0.3 is 14.5 Å². The Bertz CT molecular complexity index is 947. The number of unbranched alkanes of at least 4 members (excludes halogenated alkanes) is 1. The Morgan fingerprint density at radius 2 is 2.00 bits per heavy atom. The molecule has 146 valence electrons. The van der Waals surface area contributed by atoms with Crippen molar-refractivity contribution in [1.29, 1.82) is 0 Å². The van der Waals surface area contributed by atoms with Crippen molar-refractivity contribution in [3.8, 4) is 17.2 Å². The first-order chi connectivity index (χ1) is 13.7. The minimum Gasteiger partial charge on any atom is -0.494 e. The number of carbonyl (C=O) groups excluding carboxylic acids is 1. The summed E-state index contributed by atoms with van der Waals surface area (Å²) in [7, 11) is 0. The molecule has 0 radical (unpaired) electrons. The maximum absolute atomic E-state index is 12.3. The van der Waals surface area contributed by atoms with E-state index in [0.29, 0.717) is 23.6 Å². The van der Waals surface area contributed by atoms with Gasteiger partial charge in [-0.25, -0.2) is 4.68 Å². The minimum absolute atomic E-state index is 0.213. The number of hydrogen-bond donors (Lipinski definition) is 1. The monoisotopic (exact) mass is 381 g/mol. The van der Waals surface area contributed by atoms with E-state index in [9.17, 15) is 9.59 Å². The number of rotatable bonds is 9. The quantitative estimate of drug-likeness (QED) is 0.576. The van der Waals surface area contributed by atoms with Gasteiger partial charge in [0.2, 0.25) is 0 Å². The summed E-state index contributed by atoms with van der Waals surface area (Å²) >= 11 is 0. The second kappa shape index (κ2) is 9.55. The lowest BCUT2D eigenvalue weighted by Crippen LogP contribution is -2.31. The van der Waals surface area contributed by atoms with Gasteiger partial charge in [-0.1, -0.05) is 13.3 Å². The predicted octanol–water partition coefficient (Wildman–Crippen LogP) is 3.11. The first-order valence-corrected chi connectivity index (χ1v) is 9.30. The molecule has 1 N–H and O–H groups in total. The summed E-state index contributed by atoms with van der Waals surface area (Å²) < 4.78 is 12.2. The van der Waals surface area contributed by atoms with Crippen LogP contribution < -0.4 is 15.6 Å². The third kappa shape index (κ3) is 5.09. The number of aromatic nitrogens is 2. The summed E-state index contributed by atoms with van der Waals surface area (Å²) in [4.78, 5) is 24.2. The Hall–Kier alpha value is -3.35. The average Bonchev–Trinajstić information content (AvgIpc) is 3.25. The molecule has 2 heterocycles. The van der Waals surface area contributed by atoms with Crippen LogP contribution in [-0.2, 0) is 6.54 Å². The molecule has 2 aromatic heterocycles. The highest BCUT2D eigenvalue weighted by Crippen LogP contribution is 2.15. The highest BCUT2D eigenvalue weighted by atomic mass is 16.5. The predicted molar refractivity (Wildman–Crippen MR) is 105 cm³/mol. The summed E-state index contributed by atoms with van der Waals surface area (Å²) in [5.74, 6) is 1.12. The minimum atomic E-state index is -0.238. The number of nitrogens with zero attached hydrogens (tertiary/aromatic N) is 2. The van der Waals surface area contributed by atoms with Crippen LogP contribution in [0, 0.1) is 0 Å². The fraction of sp³-hybridized carbons (Fsp3) is 0.286. The van der Waals surface area contributed by atoms with Crippen LogP contribution >= 0.6 is 0 Å². The number of amides is 1. The smallest absolute Gasteiger partial charge is 0.266 e. The lowest BCUT2D eigenvalue weighted by Gasteiger charge is -2.09. The van der Waals surface area contributed by atoms with Gasteiger partial charge in [0.1, 0.15) is 11.4 Å². The first-order valence-electron chi connectivity index (χ1n) is 9.30. The van der Waals surface area contributed by atoms with Crippen molar-refractivity contribution in [3.63, 3.8) is 0 Å². The second-order valence-electron chi connectivity index (χ2n) is 6.24. The molecule has 0 bridgehead atoms. The van der Waals surface area contributed by atoms with Gasteiger partial charge in [-0.05, 0) is 48.9 Å². The van der Waals surface area contributed by atoms with Crippen molar-refractivity contribution in [2.45, 2.75) is 26.3 Å². The molecule has 0 saturated carbocycles. The fourth-order valence-electron chi connectivity index (χ4n) is 2.58.